The van der Waals surface area contributed by atoms with E-state index in [-0.39, 0.29) is 41.2 Å². The van der Waals surface area contributed by atoms with Crippen LogP contribution in [0, 0.1) is 12.3 Å². The molecule has 0 saturated heterocycles. The van der Waals surface area contributed by atoms with Gasteiger partial charge in [-0.25, -0.2) is 17.5 Å². The number of nitrogens with zero attached hydrogens (tertiary/aromatic N) is 1. The van der Waals surface area contributed by atoms with Crippen LogP contribution >= 0.6 is 0 Å². The topological polar surface area (TPSA) is 110 Å². The van der Waals surface area contributed by atoms with Crippen LogP contribution in [0.4, 0.5) is 0 Å². The lowest BCUT2D eigenvalue weighted by Gasteiger charge is -2.45. The van der Waals surface area contributed by atoms with E-state index in [0.29, 0.717) is 17.7 Å². The molecule has 0 amide bonds. The number of aliphatic hydroxyl groups excluding tert-OH is 1. The van der Waals surface area contributed by atoms with Gasteiger partial charge in [0.2, 0.25) is 0 Å². The van der Waals surface area contributed by atoms with Crippen LogP contribution in [-0.4, -0.2) is 50.0 Å². The third-order valence-electron chi connectivity index (χ3n) is 6.65. The van der Waals surface area contributed by atoms with Crippen molar-refractivity contribution in [3.63, 3.8) is 0 Å². The Bertz CT molecular complexity index is 1270. The average Bonchev–Trinajstić information content (AvgIpc) is 3.20. The van der Waals surface area contributed by atoms with Gasteiger partial charge >= 0.3 is 5.97 Å². The van der Waals surface area contributed by atoms with Crippen molar-refractivity contribution in [3.05, 3.63) is 65.2 Å². The van der Waals surface area contributed by atoms with Gasteiger partial charge in [0, 0.05) is 12.0 Å². The van der Waals surface area contributed by atoms with Crippen molar-refractivity contribution in [1.82, 2.24) is 4.31 Å². The predicted octanol–water partition coefficient (Wildman–Crippen LogP) is 3.04. The molecule has 1 unspecified atom stereocenters. The molecule has 1 saturated carbocycles. The summed E-state index contributed by atoms with van der Waals surface area (Å²) in [4.78, 5) is 26.0. The number of ketones is 1. The van der Waals surface area contributed by atoms with Crippen LogP contribution in [0.3, 0.4) is 0 Å². The molecule has 0 aromatic heterocycles. The second-order valence-electron chi connectivity index (χ2n) is 8.65. The number of sulfonamides is 1. The van der Waals surface area contributed by atoms with Gasteiger partial charge in [-0.2, -0.15) is 0 Å². The summed E-state index contributed by atoms with van der Waals surface area (Å²) in [6, 6.07) is 12.7. The van der Waals surface area contributed by atoms with E-state index in [0.717, 1.165) is 9.87 Å². The highest BCUT2D eigenvalue weighted by molar-refractivity contribution is 7.89. The molecular formula is C25H27NO7S. The van der Waals surface area contributed by atoms with E-state index in [1.807, 2.05) is 6.92 Å². The summed E-state index contributed by atoms with van der Waals surface area (Å²) in [5.74, 6) is -0.586. The summed E-state index contributed by atoms with van der Waals surface area (Å²) < 4.78 is 39.1. The number of aryl methyl sites for hydroxylation is 1. The molecule has 0 radical (unpaired) electrons. The zero-order valence-electron chi connectivity index (χ0n) is 19.3. The van der Waals surface area contributed by atoms with Gasteiger partial charge in [0.05, 0.1) is 35.8 Å². The lowest BCUT2D eigenvalue weighted by atomic mass is 9.74. The minimum atomic E-state index is -4.38. The number of hydrogen-bond donors (Lipinski definition) is 1. The molecule has 180 valence electrons. The number of esters is 1. The summed E-state index contributed by atoms with van der Waals surface area (Å²) >= 11 is 0. The molecule has 2 aromatic carbocycles. The Morgan fingerprint density at radius 2 is 1.85 bits per heavy atom. The first-order valence-corrected chi connectivity index (χ1v) is 12.4. The summed E-state index contributed by atoms with van der Waals surface area (Å²) in [7, 11) is -1.71. The van der Waals surface area contributed by atoms with Gasteiger partial charge in [-0.05, 0) is 50.5 Å². The van der Waals surface area contributed by atoms with Gasteiger partial charge in [-0.3, -0.25) is 4.79 Å². The first-order valence-electron chi connectivity index (χ1n) is 10.9. The van der Waals surface area contributed by atoms with Crippen molar-refractivity contribution in [2.24, 2.45) is 5.41 Å². The van der Waals surface area contributed by atoms with Crippen molar-refractivity contribution in [1.29, 1.82) is 0 Å². The highest BCUT2D eigenvalue weighted by atomic mass is 32.2. The van der Waals surface area contributed by atoms with Crippen LogP contribution in [0.1, 0.15) is 36.8 Å². The molecule has 1 aliphatic carbocycles. The van der Waals surface area contributed by atoms with Crippen LogP contribution in [0.2, 0.25) is 0 Å². The SMILES string of the molecule is COC(=O)C1=C(c2cccc(OC)c2)N(S(=O)(=O)c2ccc(C)cc2)C(O)[C@@]2(CCCC2=O)C1. The van der Waals surface area contributed by atoms with Gasteiger partial charge in [-0.1, -0.05) is 29.8 Å². The van der Waals surface area contributed by atoms with E-state index in [4.69, 9.17) is 9.47 Å². The fourth-order valence-corrected chi connectivity index (χ4v) is 6.45. The Hall–Kier alpha value is -3.17. The maximum Gasteiger partial charge on any atom is 0.335 e. The molecule has 1 fully saturated rings. The fraction of sp³-hybridized carbons (Fsp3) is 0.360. The van der Waals surface area contributed by atoms with E-state index in [9.17, 15) is 23.1 Å². The number of benzene rings is 2. The Labute approximate surface area is 198 Å². The second kappa shape index (κ2) is 8.88. The zero-order valence-corrected chi connectivity index (χ0v) is 20.1. The molecule has 1 spiro atoms. The van der Waals surface area contributed by atoms with E-state index in [1.165, 1.54) is 26.4 Å². The first-order chi connectivity index (χ1) is 16.2. The predicted molar refractivity (Wildman–Crippen MR) is 124 cm³/mol. The lowest BCUT2D eigenvalue weighted by molar-refractivity contribution is -0.141. The van der Waals surface area contributed by atoms with Crippen molar-refractivity contribution >= 4 is 27.5 Å². The monoisotopic (exact) mass is 485 g/mol. The molecule has 2 atom stereocenters. The fourth-order valence-electron chi connectivity index (χ4n) is 4.82. The molecule has 1 aliphatic heterocycles. The van der Waals surface area contributed by atoms with E-state index >= 15 is 0 Å². The van der Waals surface area contributed by atoms with Crippen LogP contribution in [0.15, 0.2) is 59.0 Å². The van der Waals surface area contributed by atoms with Crippen LogP contribution < -0.4 is 4.74 Å². The summed E-state index contributed by atoms with van der Waals surface area (Å²) in [5, 5.41) is 11.6. The quantitative estimate of drug-likeness (QED) is 0.648. The third-order valence-corrected chi connectivity index (χ3v) is 8.42. The molecular weight excluding hydrogens is 458 g/mol. The summed E-state index contributed by atoms with van der Waals surface area (Å²) in [6.07, 6.45) is -0.843. The largest absolute Gasteiger partial charge is 0.497 e. The van der Waals surface area contributed by atoms with Gasteiger partial charge in [-0.15, -0.1) is 0 Å². The molecule has 34 heavy (non-hydrogen) atoms. The highest BCUT2D eigenvalue weighted by Gasteiger charge is 2.57. The standard InChI is InChI=1S/C25H27NO7S/c1-16-9-11-19(12-10-16)34(30,31)26-22(17-6-4-7-18(14-17)32-2)20(23(28)33-3)15-25(24(26)29)13-5-8-21(25)27/h4,6-7,9-12,14,24,29H,5,8,13,15H2,1-3H3/t24?,25-/m0/s1. The molecule has 2 aromatic rings. The van der Waals surface area contributed by atoms with Crippen LogP contribution in [0.25, 0.3) is 5.70 Å². The van der Waals surface area contributed by atoms with E-state index < -0.39 is 27.6 Å². The van der Waals surface area contributed by atoms with E-state index in [1.54, 1.807) is 36.4 Å². The molecule has 1 N–H and O–H groups in total. The van der Waals surface area contributed by atoms with Crippen LogP contribution in [-0.2, 0) is 24.3 Å². The Kier molecular flexibility index (Phi) is 6.26. The second-order valence-corrected chi connectivity index (χ2v) is 10.5. The lowest BCUT2D eigenvalue weighted by Crippen LogP contribution is -2.55. The number of hydrogen-bond acceptors (Lipinski definition) is 7. The van der Waals surface area contributed by atoms with E-state index in [2.05, 4.69) is 0 Å². The molecule has 4 rings (SSSR count). The van der Waals surface area contributed by atoms with Crippen molar-refractivity contribution in [2.75, 3.05) is 14.2 Å². The average molecular weight is 486 g/mol. The number of aliphatic hydroxyl groups is 1. The van der Waals surface area contributed by atoms with Gasteiger partial charge < -0.3 is 14.6 Å². The minimum absolute atomic E-state index is 0.0204. The molecule has 9 heteroatoms. The number of carbonyl (C=O) groups is 2. The number of Topliss-reactive ketones (excluding diaryl/α,β-unsaturated/α-hetero) is 1. The highest BCUT2D eigenvalue weighted by Crippen LogP contribution is 2.52. The van der Waals surface area contributed by atoms with Gasteiger partial charge in [0.15, 0.2) is 6.23 Å². The summed E-state index contributed by atoms with van der Waals surface area (Å²) in [6.45, 7) is 1.83. The molecule has 0 bridgehead atoms. The number of carbonyl (C=O) groups excluding carboxylic acids is 2. The Morgan fingerprint density at radius 3 is 2.44 bits per heavy atom. The first kappa shape index (κ1) is 24.0. The maximum atomic E-state index is 14.0. The smallest absolute Gasteiger partial charge is 0.335 e. The van der Waals surface area contributed by atoms with Crippen molar-refractivity contribution in [2.45, 2.75) is 43.7 Å². The summed E-state index contributed by atoms with van der Waals surface area (Å²) in [5.41, 5.74) is -0.228. The third kappa shape index (κ3) is 3.78. The van der Waals surface area contributed by atoms with Crippen molar-refractivity contribution in [3.8, 4) is 5.75 Å². The van der Waals surface area contributed by atoms with Crippen LogP contribution in [0.5, 0.6) is 5.75 Å². The molecule has 1 heterocycles. The molecule has 8 nitrogen and oxygen atoms in total. The normalized spacial score (nSPS) is 22.9. The number of rotatable bonds is 5. The zero-order chi connectivity index (χ0) is 24.7. The maximum absolute atomic E-state index is 14.0. The van der Waals surface area contributed by atoms with Gasteiger partial charge in [0.25, 0.3) is 10.0 Å². The van der Waals surface area contributed by atoms with Gasteiger partial charge in [0.1, 0.15) is 11.5 Å². The Balaban J connectivity index is 2.04. The Morgan fingerprint density at radius 1 is 1.15 bits per heavy atom. The van der Waals surface area contributed by atoms with Crippen molar-refractivity contribution < 1.29 is 32.6 Å². The minimum Gasteiger partial charge on any atom is -0.497 e. The molecule has 2 aliphatic rings. The number of ether oxygens (including phenoxy) is 2. The number of methoxy groups -OCH3 is 2.